The van der Waals surface area contributed by atoms with Gasteiger partial charge in [0.25, 0.3) is 0 Å². The average Bonchev–Trinajstić information content (AvgIpc) is 2.07. The number of carboxylic acid groups (broad SMARTS) is 1. The summed E-state index contributed by atoms with van der Waals surface area (Å²) in [5, 5.41) is 11.8. The van der Waals surface area contributed by atoms with Gasteiger partial charge in [0, 0.05) is 6.54 Å². The Bertz CT molecular complexity index is 238. The lowest BCUT2D eigenvalue weighted by molar-refractivity contribution is -0.150. The zero-order valence-electron chi connectivity index (χ0n) is 8.62. The van der Waals surface area contributed by atoms with Gasteiger partial charge in [-0.15, -0.1) is 0 Å². The van der Waals surface area contributed by atoms with Crippen LogP contribution >= 0.6 is 0 Å². The third-order valence-electron chi connectivity index (χ3n) is 2.76. The highest BCUT2D eigenvalue weighted by molar-refractivity contribution is 5.85. The van der Waals surface area contributed by atoms with Crippen LogP contribution < -0.4 is 5.32 Å². The summed E-state index contributed by atoms with van der Waals surface area (Å²) in [4.78, 5) is 22.5. The number of nitrogens with one attached hydrogen (secondary N) is 1. The van der Waals surface area contributed by atoms with Gasteiger partial charge in [0.05, 0.1) is 11.8 Å². The van der Waals surface area contributed by atoms with Crippen molar-refractivity contribution in [2.45, 2.75) is 26.7 Å². The van der Waals surface area contributed by atoms with Crippen molar-refractivity contribution in [2.24, 2.45) is 17.8 Å². The van der Waals surface area contributed by atoms with E-state index in [1.54, 1.807) is 0 Å². The van der Waals surface area contributed by atoms with Crippen molar-refractivity contribution in [3.8, 4) is 0 Å². The van der Waals surface area contributed by atoms with Crippen molar-refractivity contribution in [1.29, 1.82) is 0 Å². The van der Waals surface area contributed by atoms with Crippen LogP contribution in [0.15, 0.2) is 0 Å². The van der Waals surface area contributed by atoms with Crippen LogP contribution in [0.5, 0.6) is 0 Å². The fraction of sp³-hybridized carbons (Fsp3) is 0.800. The van der Waals surface area contributed by atoms with E-state index >= 15 is 0 Å². The largest absolute Gasteiger partial charge is 0.481 e. The molecule has 1 saturated heterocycles. The molecule has 0 aromatic carbocycles. The van der Waals surface area contributed by atoms with Crippen LogP contribution in [0.1, 0.15) is 26.7 Å². The van der Waals surface area contributed by atoms with Gasteiger partial charge in [0.1, 0.15) is 0 Å². The van der Waals surface area contributed by atoms with Crippen LogP contribution in [0.2, 0.25) is 0 Å². The zero-order chi connectivity index (χ0) is 10.7. The minimum Gasteiger partial charge on any atom is -0.481 e. The van der Waals surface area contributed by atoms with Crippen molar-refractivity contribution in [1.82, 2.24) is 5.32 Å². The number of aliphatic carboxylic acids is 1. The van der Waals surface area contributed by atoms with Gasteiger partial charge < -0.3 is 10.4 Å². The first-order valence-corrected chi connectivity index (χ1v) is 5.04. The molecule has 2 atom stereocenters. The number of carboxylic acids is 1. The number of rotatable bonds is 3. The summed E-state index contributed by atoms with van der Waals surface area (Å²) in [7, 11) is 0. The third kappa shape index (κ3) is 2.25. The lowest BCUT2D eigenvalue weighted by Gasteiger charge is -2.29. The Morgan fingerprint density at radius 2 is 2.21 bits per heavy atom. The second kappa shape index (κ2) is 4.44. The molecule has 4 heteroatoms. The minimum absolute atomic E-state index is 0.00125. The van der Waals surface area contributed by atoms with Crippen LogP contribution in [0.4, 0.5) is 0 Å². The summed E-state index contributed by atoms with van der Waals surface area (Å²) >= 11 is 0. The minimum atomic E-state index is -0.859. The summed E-state index contributed by atoms with van der Waals surface area (Å²) in [6.07, 6.45) is 1.58. The molecule has 2 N–H and O–H groups in total. The van der Waals surface area contributed by atoms with Crippen LogP contribution in [-0.2, 0) is 9.59 Å². The van der Waals surface area contributed by atoms with Gasteiger partial charge in [-0.25, -0.2) is 0 Å². The Balaban J connectivity index is 2.75. The van der Waals surface area contributed by atoms with Gasteiger partial charge in [-0.2, -0.15) is 0 Å². The predicted molar refractivity (Wildman–Crippen MR) is 51.7 cm³/mol. The summed E-state index contributed by atoms with van der Waals surface area (Å²) in [5.74, 6) is -1.85. The van der Waals surface area contributed by atoms with Gasteiger partial charge >= 0.3 is 5.97 Å². The quantitative estimate of drug-likeness (QED) is 0.708. The molecule has 0 radical (unpaired) electrons. The Labute approximate surface area is 83.7 Å². The van der Waals surface area contributed by atoms with E-state index < -0.39 is 11.9 Å². The topological polar surface area (TPSA) is 66.4 Å². The summed E-state index contributed by atoms with van der Waals surface area (Å²) in [6.45, 7) is 4.38. The molecular weight excluding hydrogens is 182 g/mol. The molecule has 0 spiro atoms. The Morgan fingerprint density at radius 3 is 2.64 bits per heavy atom. The van der Waals surface area contributed by atoms with E-state index in [4.69, 9.17) is 5.11 Å². The number of piperidine rings is 1. The second-order valence-corrected chi connectivity index (χ2v) is 4.15. The molecule has 14 heavy (non-hydrogen) atoms. The molecule has 0 aromatic rings. The summed E-state index contributed by atoms with van der Waals surface area (Å²) in [5.41, 5.74) is 0. The highest BCUT2D eigenvalue weighted by atomic mass is 16.4. The van der Waals surface area contributed by atoms with Crippen molar-refractivity contribution >= 4 is 11.9 Å². The Kier molecular flexibility index (Phi) is 3.49. The lowest BCUT2D eigenvalue weighted by atomic mass is 9.79. The maximum atomic E-state index is 11.5. The lowest BCUT2D eigenvalue weighted by Crippen LogP contribution is -2.44. The van der Waals surface area contributed by atoms with E-state index in [0.717, 1.165) is 6.42 Å². The fourth-order valence-corrected chi connectivity index (χ4v) is 2.06. The first-order valence-electron chi connectivity index (χ1n) is 5.04. The highest BCUT2D eigenvalue weighted by Gasteiger charge is 2.36. The zero-order valence-corrected chi connectivity index (χ0v) is 8.62. The summed E-state index contributed by atoms with van der Waals surface area (Å²) in [6, 6.07) is 0. The normalized spacial score (nSPS) is 24.5. The molecule has 80 valence electrons. The summed E-state index contributed by atoms with van der Waals surface area (Å²) < 4.78 is 0. The van der Waals surface area contributed by atoms with Crippen molar-refractivity contribution in [3.63, 3.8) is 0 Å². The van der Waals surface area contributed by atoms with E-state index in [1.165, 1.54) is 0 Å². The monoisotopic (exact) mass is 199 g/mol. The van der Waals surface area contributed by atoms with E-state index in [0.29, 0.717) is 13.0 Å². The van der Waals surface area contributed by atoms with Crippen molar-refractivity contribution < 1.29 is 14.7 Å². The molecule has 2 unspecified atom stereocenters. The first-order chi connectivity index (χ1) is 6.54. The SMILES string of the molecule is CC(C)C(C(=O)O)C1CCCNC1=O. The van der Waals surface area contributed by atoms with Crippen LogP contribution in [0.3, 0.4) is 0 Å². The van der Waals surface area contributed by atoms with Gasteiger partial charge in [-0.05, 0) is 18.8 Å². The van der Waals surface area contributed by atoms with Crippen LogP contribution in [0.25, 0.3) is 0 Å². The molecule has 4 nitrogen and oxygen atoms in total. The predicted octanol–water partition coefficient (Wildman–Crippen LogP) is 0.869. The molecule has 1 fully saturated rings. The van der Waals surface area contributed by atoms with Crippen LogP contribution in [-0.4, -0.2) is 23.5 Å². The molecule has 1 rings (SSSR count). The van der Waals surface area contributed by atoms with E-state index in [9.17, 15) is 9.59 Å². The molecule has 0 saturated carbocycles. The Hall–Kier alpha value is -1.06. The first kappa shape index (κ1) is 11.0. The molecular formula is C10H17NO3. The molecule has 1 aliphatic rings. The van der Waals surface area contributed by atoms with Gasteiger partial charge in [-0.3, -0.25) is 9.59 Å². The standard InChI is InChI=1S/C10H17NO3/c1-6(2)8(10(13)14)7-4-3-5-11-9(7)12/h6-8H,3-5H2,1-2H3,(H,11,12)(H,13,14). The highest BCUT2D eigenvalue weighted by Crippen LogP contribution is 2.27. The maximum Gasteiger partial charge on any atom is 0.307 e. The molecule has 0 aromatic heterocycles. The van der Waals surface area contributed by atoms with E-state index in [1.807, 2.05) is 13.8 Å². The molecule has 0 aliphatic carbocycles. The molecule has 1 aliphatic heterocycles. The number of hydrogen-bond acceptors (Lipinski definition) is 2. The smallest absolute Gasteiger partial charge is 0.307 e. The number of carbonyl (C=O) groups is 2. The van der Waals surface area contributed by atoms with Gasteiger partial charge in [0.2, 0.25) is 5.91 Å². The van der Waals surface area contributed by atoms with E-state index in [2.05, 4.69) is 5.32 Å². The second-order valence-electron chi connectivity index (χ2n) is 4.15. The fourth-order valence-electron chi connectivity index (χ4n) is 2.06. The van der Waals surface area contributed by atoms with Crippen molar-refractivity contribution in [3.05, 3.63) is 0 Å². The van der Waals surface area contributed by atoms with Gasteiger partial charge in [0.15, 0.2) is 0 Å². The maximum absolute atomic E-state index is 11.5. The Morgan fingerprint density at radius 1 is 1.57 bits per heavy atom. The molecule has 1 heterocycles. The van der Waals surface area contributed by atoms with Crippen molar-refractivity contribution in [2.75, 3.05) is 6.54 Å². The van der Waals surface area contributed by atoms with Gasteiger partial charge in [-0.1, -0.05) is 13.8 Å². The average molecular weight is 199 g/mol. The third-order valence-corrected chi connectivity index (χ3v) is 2.76. The number of carbonyl (C=O) groups excluding carboxylic acids is 1. The molecule has 1 amide bonds. The number of amides is 1. The number of hydrogen-bond donors (Lipinski definition) is 2. The van der Waals surface area contributed by atoms with Crippen LogP contribution in [0, 0.1) is 17.8 Å². The molecule has 0 bridgehead atoms. The van der Waals surface area contributed by atoms with E-state index in [-0.39, 0.29) is 17.7 Å².